The van der Waals surface area contributed by atoms with Crippen LogP contribution in [0.25, 0.3) is 0 Å². The summed E-state index contributed by atoms with van der Waals surface area (Å²) in [6.45, 7) is 5.93. The van der Waals surface area contributed by atoms with E-state index in [2.05, 4.69) is 5.32 Å². The molecule has 0 aliphatic heterocycles. The number of halogens is 2. The molecule has 2 amide bonds. The number of benzene rings is 4. The van der Waals surface area contributed by atoms with E-state index >= 15 is 0 Å². The molecule has 4 aromatic carbocycles. The number of amides is 2. The Kier molecular flexibility index (Phi) is 12.2. The summed E-state index contributed by atoms with van der Waals surface area (Å²) in [5.74, 6) is -1.16. The van der Waals surface area contributed by atoms with Crippen LogP contribution in [0.3, 0.4) is 0 Å². The Hall–Kier alpha value is -4.65. The van der Waals surface area contributed by atoms with E-state index in [1.807, 2.05) is 51.1 Å². The quantitative estimate of drug-likeness (QED) is 0.115. The third-order valence-corrected chi connectivity index (χ3v) is 10.1. The van der Waals surface area contributed by atoms with E-state index in [-0.39, 0.29) is 35.0 Å². The Morgan fingerprint density at radius 2 is 1.62 bits per heavy atom. The topological polar surface area (TPSA) is 139 Å². The zero-order valence-electron chi connectivity index (χ0n) is 28.2. The van der Waals surface area contributed by atoms with Crippen molar-refractivity contribution < 1.29 is 27.7 Å². The number of carbonyl (C=O) groups excluding carboxylic acids is 2. The van der Waals surface area contributed by atoms with Gasteiger partial charge in [-0.15, -0.1) is 0 Å². The number of sulfonamides is 1. The number of hydrogen-bond acceptors (Lipinski definition) is 7. The lowest BCUT2D eigenvalue weighted by atomic mass is 10.0. The van der Waals surface area contributed by atoms with Crippen molar-refractivity contribution in [3.05, 3.63) is 128 Å². The number of ether oxygens (including phenoxy) is 1. The van der Waals surface area contributed by atoms with Crippen LogP contribution in [0.1, 0.15) is 37.5 Å². The molecule has 4 aromatic rings. The van der Waals surface area contributed by atoms with Gasteiger partial charge in [0.15, 0.2) is 0 Å². The molecule has 0 saturated carbocycles. The van der Waals surface area contributed by atoms with Gasteiger partial charge in [-0.2, -0.15) is 0 Å². The molecule has 264 valence electrons. The minimum Gasteiger partial charge on any atom is -0.495 e. The standard InChI is InChI=1S/C36H38Cl2N4O7S/c1-24-15-17-28(21-30(24)42(45)46)50(47,48)41(31-20-27(37)16-18-33(31)49-5)23-34(43)40(22-26-13-9-10-14-29(26)38)32(35(44)39-36(2,3)4)19-25-11-7-6-8-12-25/h6-18,20-21,32H,19,22-23H2,1-5H3,(H,39,44). The molecule has 0 aromatic heterocycles. The zero-order valence-corrected chi connectivity index (χ0v) is 30.6. The van der Waals surface area contributed by atoms with Crippen molar-refractivity contribution in [1.82, 2.24) is 10.2 Å². The molecule has 1 N–H and O–H groups in total. The van der Waals surface area contributed by atoms with Crippen LogP contribution in [0, 0.1) is 17.0 Å². The first-order valence-electron chi connectivity index (χ1n) is 15.5. The van der Waals surface area contributed by atoms with Gasteiger partial charge < -0.3 is 15.0 Å². The predicted octanol–water partition coefficient (Wildman–Crippen LogP) is 6.97. The van der Waals surface area contributed by atoms with Gasteiger partial charge in [0.05, 0.1) is 22.6 Å². The van der Waals surface area contributed by atoms with E-state index < -0.39 is 55.5 Å². The molecule has 0 spiro atoms. The lowest BCUT2D eigenvalue weighted by Gasteiger charge is -2.35. The van der Waals surface area contributed by atoms with Crippen LogP contribution in [0.15, 0.2) is 95.9 Å². The number of nitrogens with one attached hydrogen (secondary N) is 1. The van der Waals surface area contributed by atoms with E-state index in [1.54, 1.807) is 24.3 Å². The van der Waals surface area contributed by atoms with Crippen LogP contribution >= 0.6 is 23.2 Å². The molecule has 50 heavy (non-hydrogen) atoms. The highest BCUT2D eigenvalue weighted by molar-refractivity contribution is 7.92. The maximum absolute atomic E-state index is 14.8. The van der Waals surface area contributed by atoms with Crippen molar-refractivity contribution in [2.45, 2.75) is 57.1 Å². The molecule has 0 heterocycles. The molecule has 1 atom stereocenters. The monoisotopic (exact) mass is 740 g/mol. The first kappa shape index (κ1) is 38.2. The largest absolute Gasteiger partial charge is 0.495 e. The molecular weight excluding hydrogens is 703 g/mol. The van der Waals surface area contributed by atoms with E-state index in [0.717, 1.165) is 15.9 Å². The maximum Gasteiger partial charge on any atom is 0.273 e. The fourth-order valence-electron chi connectivity index (χ4n) is 5.26. The fourth-order valence-corrected chi connectivity index (χ4v) is 7.06. The third kappa shape index (κ3) is 9.32. The zero-order chi connectivity index (χ0) is 36.8. The Balaban J connectivity index is 1.91. The second kappa shape index (κ2) is 15.9. The van der Waals surface area contributed by atoms with E-state index in [0.29, 0.717) is 10.6 Å². The molecule has 0 bridgehead atoms. The van der Waals surface area contributed by atoms with E-state index in [1.165, 1.54) is 49.3 Å². The highest BCUT2D eigenvalue weighted by atomic mass is 35.5. The number of rotatable bonds is 13. The molecule has 4 rings (SSSR count). The van der Waals surface area contributed by atoms with Crippen molar-refractivity contribution >= 4 is 56.4 Å². The van der Waals surface area contributed by atoms with Crippen LogP contribution < -0.4 is 14.4 Å². The maximum atomic E-state index is 14.8. The van der Waals surface area contributed by atoms with Gasteiger partial charge in [-0.1, -0.05) is 77.8 Å². The van der Waals surface area contributed by atoms with Crippen LogP contribution in [-0.4, -0.2) is 55.3 Å². The molecule has 0 aliphatic rings. The molecule has 11 nitrogen and oxygen atoms in total. The number of nitro groups is 1. The third-order valence-electron chi connectivity index (χ3n) is 7.72. The highest BCUT2D eigenvalue weighted by Gasteiger charge is 2.37. The molecule has 14 heteroatoms. The Morgan fingerprint density at radius 1 is 0.960 bits per heavy atom. The van der Waals surface area contributed by atoms with Gasteiger partial charge >= 0.3 is 0 Å². The number of anilines is 1. The summed E-state index contributed by atoms with van der Waals surface area (Å²) in [5, 5.41) is 15.2. The second-order valence-electron chi connectivity index (χ2n) is 12.6. The number of methoxy groups -OCH3 is 1. The fraction of sp³-hybridized carbons (Fsp3) is 0.278. The lowest BCUT2D eigenvalue weighted by Crippen LogP contribution is -2.56. The first-order valence-corrected chi connectivity index (χ1v) is 17.7. The van der Waals surface area contributed by atoms with Gasteiger partial charge in [0.2, 0.25) is 11.8 Å². The molecular formula is C36H38Cl2N4O7S. The summed E-state index contributed by atoms with van der Waals surface area (Å²) < 4.78 is 35.2. The summed E-state index contributed by atoms with van der Waals surface area (Å²) in [6.07, 6.45) is 0.0936. The number of nitro benzene ring substituents is 1. The van der Waals surface area contributed by atoms with Gasteiger partial charge in [0.1, 0.15) is 18.3 Å². The molecule has 0 aliphatic carbocycles. The number of aryl methyl sites for hydroxylation is 1. The number of nitrogens with zero attached hydrogens (tertiary/aromatic N) is 3. The Labute approximate surface area is 302 Å². The minimum absolute atomic E-state index is 0.0661. The summed E-state index contributed by atoms with van der Waals surface area (Å²) in [7, 11) is -3.38. The van der Waals surface area contributed by atoms with E-state index in [4.69, 9.17) is 27.9 Å². The SMILES string of the molecule is COc1ccc(Cl)cc1N(CC(=O)N(Cc1ccccc1Cl)C(Cc1ccccc1)C(=O)NC(C)(C)C)S(=O)(=O)c1ccc(C)c([N+](=O)[O-])c1. The van der Waals surface area contributed by atoms with Gasteiger partial charge in [0, 0.05) is 40.2 Å². The van der Waals surface area contributed by atoms with E-state index in [9.17, 15) is 28.1 Å². The Bertz CT molecular complexity index is 1990. The lowest BCUT2D eigenvalue weighted by molar-refractivity contribution is -0.385. The predicted molar refractivity (Wildman–Crippen MR) is 194 cm³/mol. The summed E-state index contributed by atoms with van der Waals surface area (Å²) in [5.41, 5.74) is 0.343. The van der Waals surface area contributed by atoms with Crippen molar-refractivity contribution in [3.63, 3.8) is 0 Å². The second-order valence-corrected chi connectivity index (χ2v) is 15.3. The van der Waals surface area contributed by atoms with Gasteiger partial charge in [0.25, 0.3) is 15.7 Å². The van der Waals surface area contributed by atoms with Gasteiger partial charge in [-0.05, 0) is 69.2 Å². The van der Waals surface area contributed by atoms with Crippen LogP contribution in [0.4, 0.5) is 11.4 Å². The normalized spacial score (nSPS) is 12.1. The van der Waals surface area contributed by atoms with Crippen LogP contribution in [0.2, 0.25) is 10.0 Å². The molecule has 0 radical (unpaired) electrons. The van der Waals surface area contributed by atoms with Crippen molar-refractivity contribution in [2.75, 3.05) is 18.0 Å². The molecule has 0 fully saturated rings. The highest BCUT2D eigenvalue weighted by Crippen LogP contribution is 2.36. The smallest absolute Gasteiger partial charge is 0.273 e. The Morgan fingerprint density at radius 3 is 2.24 bits per heavy atom. The average Bonchev–Trinajstić information content (AvgIpc) is 3.05. The summed E-state index contributed by atoms with van der Waals surface area (Å²) in [4.78, 5) is 40.8. The van der Waals surface area contributed by atoms with Crippen molar-refractivity contribution in [3.8, 4) is 5.75 Å². The minimum atomic E-state index is -4.70. The number of hydrogen-bond donors (Lipinski definition) is 1. The van der Waals surface area contributed by atoms with Crippen LogP contribution in [0.5, 0.6) is 5.75 Å². The summed E-state index contributed by atoms with van der Waals surface area (Å²) >= 11 is 12.9. The number of carbonyl (C=O) groups is 2. The van der Waals surface area contributed by atoms with Gasteiger partial charge in [-0.3, -0.25) is 24.0 Å². The van der Waals surface area contributed by atoms with Crippen molar-refractivity contribution in [2.24, 2.45) is 0 Å². The summed E-state index contributed by atoms with van der Waals surface area (Å²) in [6, 6.07) is 22.6. The van der Waals surface area contributed by atoms with Gasteiger partial charge in [-0.25, -0.2) is 8.42 Å². The van der Waals surface area contributed by atoms with Crippen molar-refractivity contribution in [1.29, 1.82) is 0 Å². The van der Waals surface area contributed by atoms with Crippen LogP contribution in [-0.2, 0) is 32.6 Å². The average molecular weight is 742 g/mol. The molecule has 0 saturated heterocycles. The molecule has 1 unspecified atom stereocenters. The first-order chi connectivity index (χ1) is 23.5.